The molecule has 0 spiro atoms. The maximum absolute atomic E-state index is 16.0. The van der Waals surface area contributed by atoms with Crippen LogP contribution in [0.3, 0.4) is 0 Å². The molecule has 1 saturated heterocycles. The molecule has 10 nitrogen and oxygen atoms in total. The van der Waals surface area contributed by atoms with Gasteiger partial charge in [0.1, 0.15) is 23.2 Å². The van der Waals surface area contributed by atoms with Crippen molar-refractivity contribution >= 4 is 27.3 Å². The average molecular weight is 706 g/mol. The number of carbonyl (C=O) groups is 1. The molecule has 4 rings (SSSR count). The van der Waals surface area contributed by atoms with E-state index in [4.69, 9.17) is 4.42 Å². The zero-order valence-electron chi connectivity index (χ0n) is 24.3. The van der Waals surface area contributed by atoms with Crippen LogP contribution in [0.5, 0.6) is 0 Å². The van der Waals surface area contributed by atoms with Gasteiger partial charge in [-0.1, -0.05) is 6.92 Å². The second-order valence-electron chi connectivity index (χ2n) is 10.9. The minimum atomic E-state index is -5.36. The summed E-state index contributed by atoms with van der Waals surface area (Å²) >= 11 is 0.469. The second-order valence-corrected chi connectivity index (χ2v) is 13.6. The summed E-state index contributed by atoms with van der Waals surface area (Å²) in [5.41, 5.74) is -4.79. The normalized spacial score (nSPS) is 16.9. The molecule has 3 aromatic rings. The van der Waals surface area contributed by atoms with E-state index in [2.05, 4.69) is 15.2 Å². The highest BCUT2D eigenvalue weighted by Crippen LogP contribution is 2.42. The van der Waals surface area contributed by atoms with Crippen LogP contribution in [-0.4, -0.2) is 70.7 Å². The molecule has 1 fully saturated rings. The van der Waals surface area contributed by atoms with E-state index in [-0.39, 0.29) is 29.8 Å². The van der Waals surface area contributed by atoms with Crippen LogP contribution in [0.25, 0.3) is 21.3 Å². The Bertz CT molecular complexity index is 1700. The van der Waals surface area contributed by atoms with Gasteiger partial charge in [-0.2, -0.15) is 17.9 Å². The fourth-order valence-corrected chi connectivity index (χ4v) is 7.05. The number of sulfonamides is 1. The summed E-state index contributed by atoms with van der Waals surface area (Å²) in [4.78, 5) is 16.8. The Kier molecular flexibility index (Phi) is 9.88. The first-order valence-corrected chi connectivity index (χ1v) is 15.9. The average Bonchev–Trinajstić information content (AvgIpc) is 3.56. The molecule has 1 aliphatic rings. The van der Waals surface area contributed by atoms with Gasteiger partial charge in [0.05, 0.1) is 15.3 Å². The van der Waals surface area contributed by atoms with Gasteiger partial charge in [-0.25, -0.2) is 35.4 Å². The van der Waals surface area contributed by atoms with Crippen LogP contribution in [-0.2, 0) is 15.6 Å². The molecule has 3 heterocycles. The van der Waals surface area contributed by atoms with Gasteiger partial charge in [0.2, 0.25) is 21.8 Å². The number of nitrogens with one attached hydrogen (secondary N) is 1. The number of amides is 1. The highest BCUT2D eigenvalue weighted by atomic mass is 32.2. The smallest absolute Gasteiger partial charge is 0.404 e. The summed E-state index contributed by atoms with van der Waals surface area (Å²) in [5.74, 6) is -6.63. The number of hydrogen-bond acceptors (Lipinski definition) is 9. The third-order valence-electron chi connectivity index (χ3n) is 6.96. The minimum Gasteiger partial charge on any atom is -0.415 e. The summed E-state index contributed by atoms with van der Waals surface area (Å²) in [6.07, 6.45) is -11.1. The van der Waals surface area contributed by atoms with Crippen LogP contribution in [0.15, 0.2) is 21.4 Å². The largest absolute Gasteiger partial charge is 0.415 e. The molecule has 0 unspecified atom stereocenters. The molecule has 1 aliphatic heterocycles. The number of halogens is 8. The summed E-state index contributed by atoms with van der Waals surface area (Å²) in [6, 6.07) is -1.53. The van der Waals surface area contributed by atoms with Crippen LogP contribution in [0.1, 0.15) is 74.8 Å². The molecule has 0 bridgehead atoms. The lowest BCUT2D eigenvalue weighted by Gasteiger charge is -2.22. The number of aliphatic hydroxyl groups is 1. The summed E-state index contributed by atoms with van der Waals surface area (Å²) < 4.78 is 145. The molecule has 20 heteroatoms. The van der Waals surface area contributed by atoms with Crippen molar-refractivity contribution in [2.24, 2.45) is 0 Å². The Morgan fingerprint density at radius 3 is 2.41 bits per heavy atom. The summed E-state index contributed by atoms with van der Waals surface area (Å²) in [7, 11) is -5.36. The first kappa shape index (κ1) is 35.6. The standard InChI is InChI=1S/C26H27F8N5O5S2/c1-4-14(26(32,33)34)38-46(42,43)13-7-6-12(16(27)15(13)19(28)29)18-17(22(40)39-10-5-8-25(30,31)9-11-39)35-21(45-18)20-36-37-23(44-20)24(2,3)41/h6-7,14,19,38,41H,4-5,8-11H2,1-3H3/t14-/m0/s1. The van der Waals surface area contributed by atoms with Gasteiger partial charge in [-0.3, -0.25) is 4.79 Å². The molecule has 46 heavy (non-hydrogen) atoms. The lowest BCUT2D eigenvalue weighted by Crippen LogP contribution is -2.45. The molecule has 2 N–H and O–H groups in total. The predicted octanol–water partition coefficient (Wildman–Crippen LogP) is 6.04. The third kappa shape index (κ3) is 7.49. The van der Waals surface area contributed by atoms with Crippen molar-refractivity contribution in [1.29, 1.82) is 0 Å². The summed E-state index contributed by atoms with van der Waals surface area (Å²) in [5, 5.41) is 17.3. The quantitative estimate of drug-likeness (QED) is 0.257. The van der Waals surface area contributed by atoms with Crippen LogP contribution in [0.4, 0.5) is 35.1 Å². The number of hydrogen-bond donors (Lipinski definition) is 2. The first-order valence-electron chi connectivity index (χ1n) is 13.6. The molecule has 1 atom stereocenters. The summed E-state index contributed by atoms with van der Waals surface area (Å²) in [6.45, 7) is 3.02. The molecular formula is C26H27F8N5O5S2. The Hall–Kier alpha value is -3.23. The number of likely N-dealkylation sites (tertiary alicyclic amines) is 1. The van der Waals surface area contributed by atoms with Gasteiger partial charge in [-0.15, -0.1) is 21.5 Å². The molecular weight excluding hydrogens is 678 g/mol. The number of aromatic nitrogens is 3. The number of benzene rings is 1. The topological polar surface area (TPSA) is 139 Å². The van der Waals surface area contributed by atoms with Crippen molar-refractivity contribution in [3.63, 3.8) is 0 Å². The second kappa shape index (κ2) is 12.8. The fourth-order valence-electron chi connectivity index (χ4n) is 4.53. The van der Waals surface area contributed by atoms with Gasteiger partial charge >= 0.3 is 6.18 Å². The lowest BCUT2D eigenvalue weighted by molar-refractivity contribution is -0.151. The van der Waals surface area contributed by atoms with Crippen molar-refractivity contribution in [2.75, 3.05) is 13.1 Å². The molecule has 1 amide bonds. The van der Waals surface area contributed by atoms with E-state index < -0.39 is 104 Å². The number of alkyl halides is 7. The van der Waals surface area contributed by atoms with E-state index in [1.165, 1.54) is 18.6 Å². The Balaban J connectivity index is 1.88. The fraction of sp³-hybridized carbons (Fsp3) is 0.538. The van der Waals surface area contributed by atoms with Crippen molar-refractivity contribution in [3.05, 3.63) is 35.1 Å². The van der Waals surface area contributed by atoms with Crippen molar-refractivity contribution in [1.82, 2.24) is 24.8 Å². The zero-order chi connectivity index (χ0) is 34.4. The molecule has 0 radical (unpaired) electrons. The molecule has 0 aliphatic carbocycles. The van der Waals surface area contributed by atoms with Crippen LogP contribution in [0, 0.1) is 5.82 Å². The molecule has 254 valence electrons. The Morgan fingerprint density at radius 1 is 1.17 bits per heavy atom. The Labute approximate surface area is 260 Å². The van der Waals surface area contributed by atoms with Crippen molar-refractivity contribution < 1.29 is 57.9 Å². The van der Waals surface area contributed by atoms with Crippen LogP contribution in [0.2, 0.25) is 0 Å². The lowest BCUT2D eigenvalue weighted by atomic mass is 10.1. The van der Waals surface area contributed by atoms with Gasteiger partial charge in [0.15, 0.2) is 5.01 Å². The molecule has 2 aromatic heterocycles. The molecule has 0 saturated carbocycles. The van der Waals surface area contributed by atoms with Gasteiger partial charge in [0, 0.05) is 31.5 Å². The maximum Gasteiger partial charge on any atom is 0.404 e. The number of nitrogens with zero attached hydrogens (tertiary/aromatic N) is 4. The van der Waals surface area contributed by atoms with E-state index in [9.17, 15) is 49.1 Å². The SMILES string of the molecule is CC[C@H](NS(=O)(=O)c1ccc(-c2sc(-c3nnc(C(C)(C)O)o3)nc2C(=O)N2CCCC(F)(F)CC2)c(F)c1C(F)F)C(F)(F)F. The number of thiazole rings is 1. The van der Waals surface area contributed by atoms with E-state index in [0.717, 1.165) is 11.8 Å². The number of rotatable bonds is 9. The van der Waals surface area contributed by atoms with Crippen LogP contribution >= 0.6 is 11.3 Å². The Morgan fingerprint density at radius 2 is 1.85 bits per heavy atom. The highest BCUT2D eigenvalue weighted by molar-refractivity contribution is 7.89. The van der Waals surface area contributed by atoms with Crippen LogP contribution < -0.4 is 4.72 Å². The van der Waals surface area contributed by atoms with Gasteiger partial charge in [-0.05, 0) is 38.8 Å². The minimum absolute atomic E-state index is 0.107. The highest BCUT2D eigenvalue weighted by Gasteiger charge is 2.43. The van der Waals surface area contributed by atoms with Crippen molar-refractivity contribution in [2.45, 2.75) is 81.5 Å². The predicted molar refractivity (Wildman–Crippen MR) is 146 cm³/mol. The van der Waals surface area contributed by atoms with Crippen molar-refractivity contribution in [3.8, 4) is 21.3 Å². The number of carbonyl (C=O) groups excluding carboxylic acids is 1. The van der Waals surface area contributed by atoms with E-state index in [1.807, 2.05) is 0 Å². The van der Waals surface area contributed by atoms with Gasteiger partial charge in [0.25, 0.3) is 18.2 Å². The maximum atomic E-state index is 16.0. The first-order chi connectivity index (χ1) is 21.2. The molecule has 1 aromatic carbocycles. The van der Waals surface area contributed by atoms with E-state index in [0.29, 0.717) is 23.5 Å². The van der Waals surface area contributed by atoms with E-state index >= 15 is 4.39 Å². The monoisotopic (exact) mass is 705 g/mol. The third-order valence-corrected chi connectivity index (χ3v) is 9.57. The van der Waals surface area contributed by atoms with E-state index in [1.54, 1.807) is 0 Å². The van der Waals surface area contributed by atoms with Gasteiger partial charge < -0.3 is 14.4 Å². The zero-order valence-corrected chi connectivity index (χ0v) is 25.9.